The van der Waals surface area contributed by atoms with Gasteiger partial charge in [-0.15, -0.1) is 0 Å². The van der Waals surface area contributed by atoms with E-state index in [0.717, 1.165) is 25.3 Å². The van der Waals surface area contributed by atoms with Crippen LogP contribution in [0, 0.1) is 0 Å². The molecule has 0 aromatic heterocycles. The molecule has 2 rings (SSSR count). The van der Waals surface area contributed by atoms with Gasteiger partial charge in [0.1, 0.15) is 6.04 Å². The van der Waals surface area contributed by atoms with Crippen molar-refractivity contribution in [1.82, 2.24) is 16.0 Å². The lowest BCUT2D eigenvalue weighted by Gasteiger charge is -2.21. The van der Waals surface area contributed by atoms with E-state index in [1.54, 1.807) is 36.0 Å². The molecule has 7 heteroatoms. The summed E-state index contributed by atoms with van der Waals surface area (Å²) in [6, 6.07) is 6.43. The van der Waals surface area contributed by atoms with Crippen LogP contribution in [0.2, 0.25) is 5.02 Å². The van der Waals surface area contributed by atoms with Gasteiger partial charge < -0.3 is 16.0 Å². The molecule has 0 aliphatic carbocycles. The third-order valence-corrected chi connectivity index (χ3v) is 4.73. The van der Waals surface area contributed by atoms with E-state index in [-0.39, 0.29) is 17.9 Å². The van der Waals surface area contributed by atoms with E-state index < -0.39 is 6.04 Å². The summed E-state index contributed by atoms with van der Waals surface area (Å²) in [6.07, 6.45) is 3.48. The summed E-state index contributed by atoms with van der Waals surface area (Å²) < 4.78 is 0. The summed E-state index contributed by atoms with van der Waals surface area (Å²) in [5, 5.41) is 9.41. The van der Waals surface area contributed by atoms with E-state index in [0.29, 0.717) is 17.0 Å². The average molecular weight is 356 g/mol. The van der Waals surface area contributed by atoms with Gasteiger partial charge in [0.05, 0.1) is 10.6 Å². The van der Waals surface area contributed by atoms with Crippen molar-refractivity contribution in [3.05, 3.63) is 34.9 Å². The molecule has 5 nitrogen and oxygen atoms in total. The molecular weight excluding hydrogens is 334 g/mol. The summed E-state index contributed by atoms with van der Waals surface area (Å²) in [5.74, 6) is 0.346. The van der Waals surface area contributed by atoms with E-state index in [9.17, 15) is 9.59 Å². The molecule has 0 radical (unpaired) electrons. The van der Waals surface area contributed by atoms with Crippen molar-refractivity contribution in [3.8, 4) is 0 Å². The molecule has 2 unspecified atom stereocenters. The molecule has 2 amide bonds. The molecule has 1 saturated heterocycles. The third-order valence-electron chi connectivity index (χ3n) is 3.76. The zero-order chi connectivity index (χ0) is 16.7. The molecule has 2 atom stereocenters. The molecule has 1 fully saturated rings. The number of hydrogen-bond acceptors (Lipinski definition) is 4. The smallest absolute Gasteiger partial charge is 0.253 e. The van der Waals surface area contributed by atoms with Crippen molar-refractivity contribution < 1.29 is 9.59 Å². The standard InChI is InChI=1S/C16H22ClN3O2S/c1-23-9-7-14(16(22)19-11-6-8-18-10-11)20-15(21)12-4-2-3-5-13(12)17/h2-5,11,14,18H,6-10H2,1H3,(H,19,22)(H,20,21). The van der Waals surface area contributed by atoms with Crippen LogP contribution in [0.3, 0.4) is 0 Å². The predicted molar refractivity (Wildman–Crippen MR) is 95.1 cm³/mol. The molecule has 1 aromatic rings. The fourth-order valence-corrected chi connectivity index (χ4v) is 3.16. The molecule has 1 aliphatic rings. The lowest BCUT2D eigenvalue weighted by Crippen LogP contribution is -2.50. The van der Waals surface area contributed by atoms with Crippen LogP contribution in [-0.2, 0) is 4.79 Å². The lowest BCUT2D eigenvalue weighted by molar-refractivity contribution is -0.123. The van der Waals surface area contributed by atoms with Crippen LogP contribution < -0.4 is 16.0 Å². The minimum atomic E-state index is -0.549. The Kier molecular flexibility index (Phi) is 7.20. The van der Waals surface area contributed by atoms with Crippen LogP contribution in [-0.4, -0.2) is 49.0 Å². The normalized spacial score (nSPS) is 18.4. The number of benzene rings is 1. The summed E-state index contributed by atoms with van der Waals surface area (Å²) in [4.78, 5) is 24.8. The Morgan fingerprint density at radius 3 is 2.87 bits per heavy atom. The highest BCUT2D eigenvalue weighted by atomic mass is 35.5. The summed E-state index contributed by atoms with van der Waals surface area (Å²) in [6.45, 7) is 1.69. The zero-order valence-electron chi connectivity index (χ0n) is 13.1. The Morgan fingerprint density at radius 1 is 1.43 bits per heavy atom. The van der Waals surface area contributed by atoms with Crippen molar-refractivity contribution in [3.63, 3.8) is 0 Å². The quantitative estimate of drug-likeness (QED) is 0.696. The lowest BCUT2D eigenvalue weighted by atomic mass is 10.1. The maximum atomic E-state index is 12.5. The fraction of sp³-hybridized carbons (Fsp3) is 0.500. The molecule has 1 heterocycles. The summed E-state index contributed by atoms with van der Waals surface area (Å²) >= 11 is 7.70. The van der Waals surface area contributed by atoms with Crippen LogP contribution in [0.4, 0.5) is 0 Å². The van der Waals surface area contributed by atoms with Crippen molar-refractivity contribution in [2.24, 2.45) is 0 Å². The molecular formula is C16H22ClN3O2S. The fourth-order valence-electron chi connectivity index (χ4n) is 2.47. The first-order valence-electron chi connectivity index (χ1n) is 7.67. The van der Waals surface area contributed by atoms with Crippen LogP contribution in [0.5, 0.6) is 0 Å². The third kappa shape index (κ3) is 5.41. The minimum Gasteiger partial charge on any atom is -0.350 e. The average Bonchev–Trinajstić information content (AvgIpc) is 3.04. The van der Waals surface area contributed by atoms with Crippen molar-refractivity contribution in [2.75, 3.05) is 25.1 Å². The van der Waals surface area contributed by atoms with E-state index in [1.165, 1.54) is 0 Å². The molecule has 1 aliphatic heterocycles. The van der Waals surface area contributed by atoms with Gasteiger partial charge in [-0.3, -0.25) is 9.59 Å². The first kappa shape index (κ1) is 18.1. The highest BCUT2D eigenvalue weighted by molar-refractivity contribution is 7.98. The monoisotopic (exact) mass is 355 g/mol. The van der Waals surface area contributed by atoms with E-state index >= 15 is 0 Å². The largest absolute Gasteiger partial charge is 0.350 e. The van der Waals surface area contributed by atoms with Gasteiger partial charge in [-0.2, -0.15) is 11.8 Å². The van der Waals surface area contributed by atoms with Gasteiger partial charge in [-0.25, -0.2) is 0 Å². The number of thioether (sulfide) groups is 1. The molecule has 0 bridgehead atoms. The van der Waals surface area contributed by atoms with Gasteiger partial charge in [-0.05, 0) is 43.5 Å². The molecule has 1 aromatic carbocycles. The Balaban J connectivity index is 2.00. The SMILES string of the molecule is CSCCC(NC(=O)c1ccccc1Cl)C(=O)NC1CCNC1. The van der Waals surface area contributed by atoms with Gasteiger partial charge in [0, 0.05) is 12.6 Å². The second kappa shape index (κ2) is 9.15. The number of halogens is 1. The highest BCUT2D eigenvalue weighted by Gasteiger charge is 2.25. The Bertz CT molecular complexity index is 550. The number of rotatable bonds is 7. The number of hydrogen-bond donors (Lipinski definition) is 3. The first-order chi connectivity index (χ1) is 11.1. The highest BCUT2D eigenvalue weighted by Crippen LogP contribution is 2.15. The molecule has 0 saturated carbocycles. The van der Waals surface area contributed by atoms with E-state index in [2.05, 4.69) is 16.0 Å². The Hall–Kier alpha value is -1.24. The number of amides is 2. The van der Waals surface area contributed by atoms with Crippen LogP contribution >= 0.6 is 23.4 Å². The van der Waals surface area contributed by atoms with Gasteiger partial charge in [-0.1, -0.05) is 23.7 Å². The zero-order valence-corrected chi connectivity index (χ0v) is 14.7. The second-order valence-corrected chi connectivity index (χ2v) is 6.88. The maximum absolute atomic E-state index is 12.5. The van der Waals surface area contributed by atoms with Crippen LogP contribution in [0.25, 0.3) is 0 Å². The van der Waals surface area contributed by atoms with Crippen molar-refractivity contribution in [2.45, 2.75) is 24.9 Å². The van der Waals surface area contributed by atoms with Gasteiger partial charge >= 0.3 is 0 Å². The molecule has 3 N–H and O–H groups in total. The predicted octanol–water partition coefficient (Wildman–Crippen LogP) is 1.67. The van der Waals surface area contributed by atoms with Gasteiger partial charge in [0.15, 0.2) is 0 Å². The Labute approximate surface area is 145 Å². The van der Waals surface area contributed by atoms with Crippen molar-refractivity contribution in [1.29, 1.82) is 0 Å². The van der Waals surface area contributed by atoms with Crippen LogP contribution in [0.1, 0.15) is 23.2 Å². The van der Waals surface area contributed by atoms with Gasteiger partial charge in [0.25, 0.3) is 5.91 Å². The number of carbonyl (C=O) groups is 2. The number of carbonyl (C=O) groups excluding carboxylic acids is 2. The second-order valence-electron chi connectivity index (χ2n) is 5.49. The minimum absolute atomic E-state index is 0.131. The summed E-state index contributed by atoms with van der Waals surface area (Å²) in [5.41, 5.74) is 0.388. The molecule has 126 valence electrons. The topological polar surface area (TPSA) is 70.2 Å². The van der Waals surface area contributed by atoms with Crippen LogP contribution in [0.15, 0.2) is 24.3 Å². The molecule has 23 heavy (non-hydrogen) atoms. The molecule has 0 spiro atoms. The van der Waals surface area contributed by atoms with Gasteiger partial charge in [0.2, 0.25) is 5.91 Å². The maximum Gasteiger partial charge on any atom is 0.253 e. The van der Waals surface area contributed by atoms with Crippen molar-refractivity contribution >= 4 is 35.2 Å². The number of nitrogens with one attached hydrogen (secondary N) is 3. The first-order valence-corrected chi connectivity index (χ1v) is 9.44. The van der Waals surface area contributed by atoms with E-state index in [1.807, 2.05) is 6.26 Å². The summed E-state index contributed by atoms with van der Waals surface area (Å²) in [7, 11) is 0. The Morgan fingerprint density at radius 2 is 2.22 bits per heavy atom. The van der Waals surface area contributed by atoms with E-state index in [4.69, 9.17) is 11.6 Å².